The average Bonchev–Trinajstić information content (AvgIpc) is 2.45. The zero-order chi connectivity index (χ0) is 17.1. The monoisotopic (exact) mass is 362 g/mol. The minimum absolute atomic E-state index is 0. The predicted molar refractivity (Wildman–Crippen MR) is 89.7 cm³/mol. The van der Waals surface area contributed by atoms with Gasteiger partial charge in [0.25, 0.3) is 0 Å². The third-order valence-electron chi connectivity index (χ3n) is 3.13. The van der Waals surface area contributed by atoms with Crippen LogP contribution in [0.4, 0.5) is 0 Å². The van der Waals surface area contributed by atoms with E-state index in [1.54, 1.807) is 0 Å². The SMILES string of the molecule is CCCCCCCCCCCCOS(=O)(=O)[O-].CCOCC.[Na+]. The molecule has 0 atom stereocenters. The number of hydrogen-bond acceptors (Lipinski definition) is 5. The zero-order valence-corrected chi connectivity index (χ0v) is 18.5. The summed E-state index contributed by atoms with van der Waals surface area (Å²) in [6.07, 6.45) is 11.7. The Labute approximate surface area is 166 Å². The summed E-state index contributed by atoms with van der Waals surface area (Å²) in [6, 6.07) is 0. The first-order valence-electron chi connectivity index (χ1n) is 8.65. The zero-order valence-electron chi connectivity index (χ0n) is 15.6. The van der Waals surface area contributed by atoms with Crippen LogP contribution in [-0.2, 0) is 19.3 Å². The van der Waals surface area contributed by atoms with Crippen molar-refractivity contribution in [2.24, 2.45) is 0 Å². The van der Waals surface area contributed by atoms with Gasteiger partial charge in [-0.1, -0.05) is 64.7 Å². The van der Waals surface area contributed by atoms with Gasteiger partial charge in [-0.2, -0.15) is 0 Å². The van der Waals surface area contributed by atoms with Crippen molar-refractivity contribution in [2.45, 2.75) is 85.0 Å². The summed E-state index contributed by atoms with van der Waals surface area (Å²) in [4.78, 5) is 0. The van der Waals surface area contributed by atoms with Crippen molar-refractivity contribution in [1.29, 1.82) is 0 Å². The van der Waals surface area contributed by atoms with Crippen LogP contribution in [0.15, 0.2) is 0 Å². The molecule has 0 aromatic heterocycles. The Hall–Kier alpha value is 0.830. The summed E-state index contributed by atoms with van der Waals surface area (Å²) in [5.74, 6) is 0. The van der Waals surface area contributed by atoms with Gasteiger partial charge in [-0.25, -0.2) is 8.42 Å². The van der Waals surface area contributed by atoms with Gasteiger partial charge >= 0.3 is 29.6 Å². The maximum absolute atomic E-state index is 10.1. The van der Waals surface area contributed by atoms with E-state index in [1.165, 1.54) is 44.9 Å². The number of hydrogen-bond donors (Lipinski definition) is 0. The van der Waals surface area contributed by atoms with Gasteiger partial charge in [-0.3, -0.25) is 4.18 Å². The van der Waals surface area contributed by atoms with Crippen molar-refractivity contribution >= 4 is 10.4 Å². The van der Waals surface area contributed by atoms with Gasteiger partial charge in [0, 0.05) is 13.2 Å². The molecule has 5 nitrogen and oxygen atoms in total. The third kappa shape index (κ3) is 35.0. The van der Waals surface area contributed by atoms with Crippen LogP contribution in [0.3, 0.4) is 0 Å². The number of rotatable bonds is 14. The molecule has 0 radical (unpaired) electrons. The third-order valence-corrected chi connectivity index (χ3v) is 3.59. The van der Waals surface area contributed by atoms with Gasteiger partial charge in [0.1, 0.15) is 0 Å². The predicted octanol–water partition coefficient (Wildman–Crippen LogP) is 1.43. The molecular formula is C16H35NaO5S. The molecular weight excluding hydrogens is 327 g/mol. The molecule has 0 aromatic rings. The van der Waals surface area contributed by atoms with Crippen LogP contribution >= 0.6 is 0 Å². The second-order valence-electron chi connectivity index (χ2n) is 5.19. The van der Waals surface area contributed by atoms with E-state index in [-0.39, 0.29) is 36.2 Å². The first kappa shape index (κ1) is 28.6. The quantitative estimate of drug-likeness (QED) is 0.202. The topological polar surface area (TPSA) is 75.7 Å². The molecule has 0 saturated carbocycles. The van der Waals surface area contributed by atoms with Crippen molar-refractivity contribution in [1.82, 2.24) is 0 Å². The van der Waals surface area contributed by atoms with Crippen molar-refractivity contribution in [2.75, 3.05) is 19.8 Å². The molecule has 0 heterocycles. The summed E-state index contributed by atoms with van der Waals surface area (Å²) >= 11 is 0. The smallest absolute Gasteiger partial charge is 0.726 e. The van der Waals surface area contributed by atoms with E-state index in [0.29, 0.717) is 6.42 Å². The molecule has 23 heavy (non-hydrogen) atoms. The Morgan fingerprint density at radius 2 is 1.13 bits per heavy atom. The van der Waals surface area contributed by atoms with Gasteiger partial charge in [0.15, 0.2) is 0 Å². The van der Waals surface area contributed by atoms with Crippen molar-refractivity contribution < 1.29 is 51.4 Å². The molecule has 0 aliphatic rings. The average molecular weight is 363 g/mol. The minimum Gasteiger partial charge on any atom is -0.726 e. The molecule has 0 aliphatic carbocycles. The molecule has 0 fully saturated rings. The van der Waals surface area contributed by atoms with E-state index in [2.05, 4.69) is 11.1 Å². The Balaban J connectivity index is -0.000000578. The molecule has 0 amide bonds. The molecule has 136 valence electrons. The first-order valence-corrected chi connectivity index (χ1v) is 9.99. The van der Waals surface area contributed by atoms with Gasteiger partial charge < -0.3 is 9.29 Å². The fraction of sp³-hybridized carbons (Fsp3) is 1.00. The molecule has 0 N–H and O–H groups in total. The Bertz CT molecular complexity index is 295. The Morgan fingerprint density at radius 1 is 0.739 bits per heavy atom. The molecule has 0 spiro atoms. The van der Waals surface area contributed by atoms with Crippen molar-refractivity contribution in [3.8, 4) is 0 Å². The van der Waals surface area contributed by atoms with Crippen molar-refractivity contribution in [3.05, 3.63) is 0 Å². The fourth-order valence-corrected chi connectivity index (χ4v) is 2.28. The van der Waals surface area contributed by atoms with Crippen LogP contribution in [0.5, 0.6) is 0 Å². The Morgan fingerprint density at radius 3 is 1.43 bits per heavy atom. The van der Waals surface area contributed by atoms with E-state index >= 15 is 0 Å². The molecule has 0 saturated heterocycles. The molecule has 0 aliphatic heterocycles. The second-order valence-corrected chi connectivity index (χ2v) is 6.25. The summed E-state index contributed by atoms with van der Waals surface area (Å²) < 4.78 is 39.3. The van der Waals surface area contributed by atoms with E-state index in [0.717, 1.165) is 26.1 Å². The fourth-order valence-electron chi connectivity index (χ4n) is 1.95. The van der Waals surface area contributed by atoms with E-state index < -0.39 is 10.4 Å². The van der Waals surface area contributed by atoms with E-state index in [9.17, 15) is 13.0 Å². The van der Waals surface area contributed by atoms with Crippen LogP contribution in [0, 0.1) is 0 Å². The molecule has 0 unspecified atom stereocenters. The van der Waals surface area contributed by atoms with E-state index in [4.69, 9.17) is 4.74 Å². The Kier molecular flexibility index (Phi) is 28.4. The van der Waals surface area contributed by atoms with Crippen LogP contribution in [0.2, 0.25) is 0 Å². The molecule has 0 bridgehead atoms. The van der Waals surface area contributed by atoms with Gasteiger partial charge in [0.2, 0.25) is 10.4 Å². The summed E-state index contributed by atoms with van der Waals surface area (Å²) in [5, 5.41) is 0. The van der Waals surface area contributed by atoms with Gasteiger partial charge in [-0.15, -0.1) is 0 Å². The largest absolute Gasteiger partial charge is 1.00 e. The second kappa shape index (κ2) is 22.8. The molecule has 7 heteroatoms. The number of ether oxygens (including phenoxy) is 1. The van der Waals surface area contributed by atoms with Gasteiger partial charge in [-0.05, 0) is 20.3 Å². The van der Waals surface area contributed by atoms with Crippen molar-refractivity contribution in [3.63, 3.8) is 0 Å². The van der Waals surface area contributed by atoms with Crippen LogP contribution < -0.4 is 29.6 Å². The maximum Gasteiger partial charge on any atom is 1.00 e. The normalized spacial score (nSPS) is 10.6. The standard InChI is InChI=1S/C12H26O4S.C4H10O.Na/c1-2-3-4-5-6-7-8-9-10-11-12-16-17(13,14)15;1-3-5-4-2;/h2-12H2,1H3,(H,13,14,15);3-4H2,1-2H3;/q;;+1/p-1. The van der Waals surface area contributed by atoms with Gasteiger partial charge in [0.05, 0.1) is 6.61 Å². The summed E-state index contributed by atoms with van der Waals surface area (Å²) in [5.41, 5.74) is 0. The first-order chi connectivity index (χ1) is 10.5. The van der Waals surface area contributed by atoms with Crippen LogP contribution in [0.1, 0.15) is 85.0 Å². The maximum atomic E-state index is 10.1. The van der Waals surface area contributed by atoms with E-state index in [1.807, 2.05) is 13.8 Å². The molecule has 0 aromatic carbocycles. The number of unbranched alkanes of at least 4 members (excludes halogenated alkanes) is 9. The van der Waals surface area contributed by atoms with Crippen LogP contribution in [0.25, 0.3) is 0 Å². The summed E-state index contributed by atoms with van der Waals surface area (Å²) in [6.45, 7) is 7.91. The molecule has 0 rings (SSSR count). The van der Waals surface area contributed by atoms with Crippen LogP contribution in [-0.4, -0.2) is 32.8 Å². The minimum atomic E-state index is -4.48. The summed E-state index contributed by atoms with van der Waals surface area (Å²) in [7, 11) is -4.48.